The lowest BCUT2D eigenvalue weighted by molar-refractivity contribution is 0.421. The first kappa shape index (κ1) is 21.9. The third-order valence-electron chi connectivity index (χ3n) is 3.79. The van der Waals surface area contributed by atoms with E-state index in [-0.39, 0.29) is 33.9 Å². The second kappa shape index (κ2) is 8.16. The van der Waals surface area contributed by atoms with Crippen molar-refractivity contribution in [2.45, 2.75) is 65.3 Å². The standard InChI is InChI=1S/C18H30BrNO.BrH/c1-12(20-9-8-19)13-10-14(17(2,3)4)16(21)15(11-13)18(5,6)7;/h10-12,20-21H,8-9H2,1-7H3;1H. The second-order valence-corrected chi connectivity index (χ2v) is 8.62. The molecule has 0 spiro atoms. The maximum atomic E-state index is 10.7. The number of rotatable bonds is 4. The fourth-order valence-electron chi connectivity index (χ4n) is 2.44. The van der Waals surface area contributed by atoms with Crippen LogP contribution < -0.4 is 5.32 Å². The molecule has 0 aliphatic rings. The maximum Gasteiger partial charge on any atom is 0.123 e. The maximum absolute atomic E-state index is 10.7. The van der Waals surface area contributed by atoms with Gasteiger partial charge in [-0.05, 0) is 34.4 Å². The number of phenols is 1. The Labute approximate surface area is 155 Å². The van der Waals surface area contributed by atoms with Crippen molar-refractivity contribution in [3.05, 3.63) is 28.8 Å². The van der Waals surface area contributed by atoms with Crippen LogP contribution in [0.15, 0.2) is 12.1 Å². The fraction of sp³-hybridized carbons (Fsp3) is 0.667. The molecule has 2 N–H and O–H groups in total. The lowest BCUT2D eigenvalue weighted by atomic mass is 9.78. The summed E-state index contributed by atoms with van der Waals surface area (Å²) in [6, 6.07) is 4.57. The molecule has 0 aliphatic carbocycles. The number of aromatic hydroxyl groups is 1. The van der Waals surface area contributed by atoms with Gasteiger partial charge in [0.25, 0.3) is 0 Å². The molecule has 1 atom stereocenters. The number of alkyl halides is 1. The van der Waals surface area contributed by atoms with E-state index in [0.717, 1.165) is 23.0 Å². The van der Waals surface area contributed by atoms with Crippen LogP contribution >= 0.6 is 32.9 Å². The number of nitrogens with one attached hydrogen (secondary N) is 1. The van der Waals surface area contributed by atoms with E-state index in [1.165, 1.54) is 5.56 Å². The summed E-state index contributed by atoms with van der Waals surface area (Å²) >= 11 is 3.45. The van der Waals surface area contributed by atoms with Crippen molar-refractivity contribution >= 4 is 32.9 Å². The highest BCUT2D eigenvalue weighted by atomic mass is 79.9. The first-order chi connectivity index (χ1) is 9.48. The Morgan fingerprint density at radius 1 is 1.05 bits per heavy atom. The molecule has 0 amide bonds. The summed E-state index contributed by atoms with van der Waals surface area (Å²) in [6.07, 6.45) is 0. The quantitative estimate of drug-likeness (QED) is 0.601. The summed E-state index contributed by atoms with van der Waals surface area (Å²) in [5.41, 5.74) is 3.14. The molecule has 1 aromatic rings. The number of halogens is 2. The Bertz CT molecular complexity index is 452. The Balaban J connectivity index is 0.00000441. The van der Waals surface area contributed by atoms with Crippen LogP contribution in [-0.2, 0) is 10.8 Å². The van der Waals surface area contributed by atoms with Gasteiger partial charge in [-0.3, -0.25) is 0 Å². The van der Waals surface area contributed by atoms with Crippen LogP contribution in [0.1, 0.15) is 71.2 Å². The molecule has 0 fully saturated rings. The van der Waals surface area contributed by atoms with Crippen LogP contribution in [0, 0.1) is 0 Å². The van der Waals surface area contributed by atoms with Gasteiger partial charge in [-0.25, -0.2) is 0 Å². The van der Waals surface area contributed by atoms with E-state index < -0.39 is 0 Å². The van der Waals surface area contributed by atoms with Gasteiger partial charge in [0.1, 0.15) is 5.75 Å². The molecule has 2 nitrogen and oxygen atoms in total. The highest BCUT2D eigenvalue weighted by Crippen LogP contribution is 2.40. The van der Waals surface area contributed by atoms with Gasteiger partial charge >= 0.3 is 0 Å². The van der Waals surface area contributed by atoms with Crippen molar-refractivity contribution in [2.24, 2.45) is 0 Å². The number of phenolic OH excluding ortho intramolecular Hbond substituents is 1. The summed E-state index contributed by atoms with van der Waals surface area (Å²) in [5.74, 6) is 0.450. The lowest BCUT2D eigenvalue weighted by Gasteiger charge is -2.29. The van der Waals surface area contributed by atoms with Crippen LogP contribution in [0.2, 0.25) is 0 Å². The minimum absolute atomic E-state index is 0. The first-order valence-corrected chi connectivity index (χ1v) is 8.78. The van der Waals surface area contributed by atoms with Crippen LogP contribution in [0.4, 0.5) is 0 Å². The molecule has 22 heavy (non-hydrogen) atoms. The van der Waals surface area contributed by atoms with Crippen molar-refractivity contribution in [1.29, 1.82) is 0 Å². The average molecular weight is 437 g/mol. The summed E-state index contributed by atoms with van der Waals surface area (Å²) in [4.78, 5) is 0. The van der Waals surface area contributed by atoms with E-state index in [1.54, 1.807) is 0 Å². The molecule has 128 valence electrons. The van der Waals surface area contributed by atoms with Gasteiger partial charge < -0.3 is 10.4 Å². The van der Waals surface area contributed by atoms with E-state index in [9.17, 15) is 5.11 Å². The normalized spacial score (nSPS) is 13.6. The zero-order chi connectivity index (χ0) is 16.4. The van der Waals surface area contributed by atoms with Crippen molar-refractivity contribution < 1.29 is 5.11 Å². The van der Waals surface area contributed by atoms with Gasteiger partial charge in [-0.15, -0.1) is 17.0 Å². The molecule has 1 rings (SSSR count). The third-order valence-corrected chi connectivity index (χ3v) is 4.19. The average Bonchev–Trinajstić information content (AvgIpc) is 2.33. The summed E-state index contributed by atoms with van der Waals surface area (Å²) < 4.78 is 0. The van der Waals surface area contributed by atoms with E-state index in [4.69, 9.17) is 0 Å². The van der Waals surface area contributed by atoms with Crippen molar-refractivity contribution in [2.75, 3.05) is 11.9 Å². The third kappa shape index (κ3) is 5.54. The molecule has 1 aromatic carbocycles. The summed E-state index contributed by atoms with van der Waals surface area (Å²) in [5, 5.41) is 15.1. The molecule has 0 aromatic heterocycles. The molecule has 0 aliphatic heterocycles. The highest BCUT2D eigenvalue weighted by Gasteiger charge is 2.27. The monoisotopic (exact) mass is 435 g/mol. The lowest BCUT2D eigenvalue weighted by Crippen LogP contribution is -2.23. The molecular formula is C18H31Br2NO. The number of hydrogen-bond donors (Lipinski definition) is 2. The predicted molar refractivity (Wildman–Crippen MR) is 106 cm³/mol. The molecule has 1 unspecified atom stereocenters. The smallest absolute Gasteiger partial charge is 0.123 e. The molecule has 0 bridgehead atoms. The van der Waals surface area contributed by atoms with E-state index in [2.05, 4.69) is 81.8 Å². The molecule has 0 saturated heterocycles. The van der Waals surface area contributed by atoms with Crippen LogP contribution in [0.3, 0.4) is 0 Å². The molecular weight excluding hydrogens is 406 g/mol. The fourth-order valence-corrected chi connectivity index (χ4v) is 2.67. The summed E-state index contributed by atoms with van der Waals surface area (Å²) in [6.45, 7) is 16.0. The van der Waals surface area contributed by atoms with Gasteiger partial charge in [0.2, 0.25) is 0 Å². The zero-order valence-corrected chi connectivity index (χ0v) is 18.2. The van der Waals surface area contributed by atoms with Gasteiger partial charge in [0.15, 0.2) is 0 Å². The molecule has 0 saturated carbocycles. The van der Waals surface area contributed by atoms with Gasteiger partial charge in [0, 0.05) is 17.9 Å². The topological polar surface area (TPSA) is 32.3 Å². The largest absolute Gasteiger partial charge is 0.507 e. The van der Waals surface area contributed by atoms with Crippen LogP contribution in [-0.4, -0.2) is 17.0 Å². The number of hydrogen-bond acceptors (Lipinski definition) is 2. The minimum Gasteiger partial charge on any atom is -0.507 e. The predicted octanol–water partition coefficient (Wildman–Crippen LogP) is 5.61. The Hall–Kier alpha value is -0.0600. The van der Waals surface area contributed by atoms with E-state index >= 15 is 0 Å². The molecule has 0 radical (unpaired) electrons. The van der Waals surface area contributed by atoms with Crippen LogP contribution in [0.5, 0.6) is 5.75 Å². The van der Waals surface area contributed by atoms with E-state index in [0.29, 0.717) is 5.75 Å². The minimum atomic E-state index is -0.0742. The second-order valence-electron chi connectivity index (χ2n) is 7.83. The van der Waals surface area contributed by atoms with Crippen LogP contribution in [0.25, 0.3) is 0 Å². The van der Waals surface area contributed by atoms with Gasteiger partial charge in [0.05, 0.1) is 0 Å². The van der Waals surface area contributed by atoms with E-state index in [1.807, 2.05) is 0 Å². The SMILES string of the molecule is Br.CC(NCCBr)c1cc(C(C)(C)C)c(O)c(C(C)(C)C)c1. The number of benzene rings is 1. The van der Waals surface area contributed by atoms with Crippen molar-refractivity contribution in [3.8, 4) is 5.75 Å². The highest BCUT2D eigenvalue weighted by molar-refractivity contribution is 9.09. The zero-order valence-electron chi connectivity index (χ0n) is 14.9. The van der Waals surface area contributed by atoms with Crippen molar-refractivity contribution in [1.82, 2.24) is 5.32 Å². The Morgan fingerprint density at radius 2 is 1.45 bits per heavy atom. The molecule has 4 heteroatoms. The van der Waals surface area contributed by atoms with Gasteiger partial charge in [-0.2, -0.15) is 0 Å². The first-order valence-electron chi connectivity index (χ1n) is 7.65. The summed E-state index contributed by atoms with van der Waals surface area (Å²) in [7, 11) is 0. The van der Waals surface area contributed by atoms with Crippen molar-refractivity contribution in [3.63, 3.8) is 0 Å². The molecule has 0 heterocycles. The Morgan fingerprint density at radius 3 is 1.77 bits per heavy atom. The Kier molecular flexibility index (Phi) is 8.14. The van der Waals surface area contributed by atoms with Gasteiger partial charge in [-0.1, -0.05) is 69.6 Å².